The van der Waals surface area contributed by atoms with Gasteiger partial charge in [0, 0.05) is 7.05 Å². The number of aromatic amines is 1. The van der Waals surface area contributed by atoms with Crippen molar-refractivity contribution in [2.75, 3.05) is 14.1 Å². The van der Waals surface area contributed by atoms with Gasteiger partial charge in [0.1, 0.15) is 5.82 Å². The molecule has 1 fully saturated rings. The topological polar surface area (TPSA) is 86.4 Å². The van der Waals surface area contributed by atoms with E-state index < -0.39 is 6.04 Å². The molecule has 7 nitrogen and oxygen atoms in total. The van der Waals surface area contributed by atoms with Gasteiger partial charge in [-0.2, -0.15) is 0 Å². The molecule has 2 amide bonds. The number of benzene rings is 1. The Bertz CT molecular complexity index is 814. The molecule has 0 aliphatic carbocycles. The Labute approximate surface area is 126 Å². The van der Waals surface area contributed by atoms with Crippen molar-refractivity contribution >= 4 is 22.7 Å². The summed E-state index contributed by atoms with van der Waals surface area (Å²) in [4.78, 5) is 45.6. The first-order valence-corrected chi connectivity index (χ1v) is 6.96. The Balaban J connectivity index is 1.86. The minimum Gasteiger partial charge on any atom is -0.309 e. The molecule has 1 aliphatic rings. The molecular weight excluding hydrogens is 284 g/mol. The molecule has 3 rings (SSSR count). The van der Waals surface area contributed by atoms with Gasteiger partial charge in [0.25, 0.3) is 5.56 Å². The van der Waals surface area contributed by atoms with Crippen LogP contribution in [0.25, 0.3) is 10.9 Å². The zero-order valence-corrected chi connectivity index (χ0v) is 12.4. The van der Waals surface area contributed by atoms with Crippen molar-refractivity contribution in [2.24, 2.45) is 0 Å². The predicted molar refractivity (Wildman–Crippen MR) is 80.0 cm³/mol. The molecule has 114 valence electrons. The van der Waals surface area contributed by atoms with Crippen LogP contribution in [-0.4, -0.2) is 51.7 Å². The molecule has 0 radical (unpaired) electrons. The van der Waals surface area contributed by atoms with Gasteiger partial charge in [-0.05, 0) is 19.2 Å². The number of fused-ring (bicyclic) bond motifs is 1. The van der Waals surface area contributed by atoms with E-state index in [4.69, 9.17) is 0 Å². The van der Waals surface area contributed by atoms with E-state index in [1.165, 1.54) is 7.05 Å². The third kappa shape index (κ3) is 2.39. The molecular formula is C15H16N4O3. The molecule has 7 heteroatoms. The lowest BCUT2D eigenvalue weighted by molar-refractivity contribution is -0.137. The van der Waals surface area contributed by atoms with E-state index >= 15 is 0 Å². The Kier molecular flexibility index (Phi) is 3.50. The average molecular weight is 300 g/mol. The number of carbonyl (C=O) groups excluding carboxylic acids is 2. The summed E-state index contributed by atoms with van der Waals surface area (Å²) >= 11 is 0. The number of hydrogen-bond acceptors (Lipinski definition) is 5. The van der Waals surface area contributed by atoms with Crippen LogP contribution < -0.4 is 5.56 Å². The molecule has 2 aromatic rings. The average Bonchev–Trinajstić information content (AvgIpc) is 2.75. The second-order valence-corrected chi connectivity index (χ2v) is 5.46. The summed E-state index contributed by atoms with van der Waals surface area (Å²) in [5.74, 6) is 0.0541. The van der Waals surface area contributed by atoms with Gasteiger partial charge in [-0.1, -0.05) is 12.1 Å². The van der Waals surface area contributed by atoms with Crippen LogP contribution in [0.15, 0.2) is 29.1 Å². The second-order valence-electron chi connectivity index (χ2n) is 5.46. The largest absolute Gasteiger partial charge is 0.309 e. The van der Waals surface area contributed by atoms with Gasteiger partial charge in [0.05, 0.1) is 29.9 Å². The molecule has 22 heavy (non-hydrogen) atoms. The fourth-order valence-corrected chi connectivity index (χ4v) is 2.64. The third-order valence-electron chi connectivity index (χ3n) is 3.95. The normalized spacial score (nSPS) is 18.7. The summed E-state index contributed by atoms with van der Waals surface area (Å²) in [6.07, 6.45) is 0.156. The summed E-state index contributed by atoms with van der Waals surface area (Å²) in [6.45, 7) is 0.289. The number of aromatic nitrogens is 2. The van der Waals surface area contributed by atoms with E-state index in [1.807, 2.05) is 6.07 Å². The molecule has 1 saturated heterocycles. The first-order valence-electron chi connectivity index (χ1n) is 6.96. The van der Waals surface area contributed by atoms with Crippen LogP contribution in [-0.2, 0) is 16.1 Å². The van der Waals surface area contributed by atoms with E-state index in [0.717, 1.165) is 4.90 Å². The smallest absolute Gasteiger partial charge is 0.258 e. The van der Waals surface area contributed by atoms with Crippen LogP contribution in [0.1, 0.15) is 12.2 Å². The number of imide groups is 1. The predicted octanol–water partition coefficient (Wildman–Crippen LogP) is 0.112. The number of H-pyrrole nitrogens is 1. The standard InChI is InChI=1S/C15H16N4O3/c1-18(11-7-13(20)19(2)15(11)22)8-12-16-10-6-4-3-5-9(10)14(21)17-12/h3-6,11H,7-8H2,1-2H3,(H,16,17,21)/t11-/m0/s1. The lowest BCUT2D eigenvalue weighted by Crippen LogP contribution is -2.38. The van der Waals surface area contributed by atoms with Gasteiger partial charge in [-0.25, -0.2) is 4.98 Å². The Hall–Kier alpha value is -2.54. The quantitative estimate of drug-likeness (QED) is 0.813. The summed E-state index contributed by atoms with van der Waals surface area (Å²) in [7, 11) is 3.22. The Morgan fingerprint density at radius 2 is 2.05 bits per heavy atom. The Morgan fingerprint density at radius 1 is 1.32 bits per heavy atom. The zero-order chi connectivity index (χ0) is 15.9. The van der Waals surface area contributed by atoms with E-state index in [2.05, 4.69) is 9.97 Å². The van der Waals surface area contributed by atoms with E-state index in [1.54, 1.807) is 30.1 Å². The van der Waals surface area contributed by atoms with Gasteiger partial charge in [0.2, 0.25) is 11.8 Å². The molecule has 0 saturated carbocycles. The van der Waals surface area contributed by atoms with Gasteiger partial charge >= 0.3 is 0 Å². The van der Waals surface area contributed by atoms with E-state index in [0.29, 0.717) is 16.7 Å². The lowest BCUT2D eigenvalue weighted by atomic mass is 10.2. The molecule has 1 N–H and O–H groups in total. The maximum atomic E-state index is 12.0. The van der Waals surface area contributed by atoms with Crippen molar-refractivity contribution in [3.05, 3.63) is 40.4 Å². The van der Waals surface area contributed by atoms with Crippen molar-refractivity contribution in [3.8, 4) is 0 Å². The number of rotatable bonds is 3. The van der Waals surface area contributed by atoms with Crippen molar-refractivity contribution in [1.82, 2.24) is 19.8 Å². The molecule has 2 heterocycles. The van der Waals surface area contributed by atoms with Gasteiger partial charge in [-0.3, -0.25) is 24.2 Å². The number of nitrogens with zero attached hydrogens (tertiary/aromatic N) is 3. The highest BCUT2D eigenvalue weighted by Crippen LogP contribution is 2.17. The van der Waals surface area contributed by atoms with Gasteiger partial charge in [-0.15, -0.1) is 0 Å². The molecule has 0 spiro atoms. The summed E-state index contributed by atoms with van der Waals surface area (Å²) in [6, 6.07) is 6.57. The molecule has 1 atom stereocenters. The van der Waals surface area contributed by atoms with Gasteiger partial charge in [0.15, 0.2) is 0 Å². The summed E-state index contributed by atoms with van der Waals surface area (Å²) in [5.41, 5.74) is 0.403. The van der Waals surface area contributed by atoms with Crippen LogP contribution >= 0.6 is 0 Å². The SMILES string of the molecule is CN1C(=O)C[C@H](N(C)Cc2nc3ccccc3c(=O)[nH]2)C1=O. The monoisotopic (exact) mass is 300 g/mol. The third-order valence-corrected chi connectivity index (χ3v) is 3.95. The molecule has 1 aromatic heterocycles. The molecule has 1 aliphatic heterocycles. The first-order chi connectivity index (χ1) is 10.5. The summed E-state index contributed by atoms with van der Waals surface area (Å²) < 4.78 is 0. The number of carbonyl (C=O) groups is 2. The molecule has 0 bridgehead atoms. The van der Waals surface area contributed by atoms with Crippen molar-refractivity contribution in [2.45, 2.75) is 19.0 Å². The fraction of sp³-hybridized carbons (Fsp3) is 0.333. The number of likely N-dealkylation sites (N-methyl/N-ethyl adjacent to an activating group) is 2. The highest BCUT2D eigenvalue weighted by Gasteiger charge is 2.38. The van der Waals surface area contributed by atoms with E-state index in [9.17, 15) is 14.4 Å². The molecule has 0 unspecified atom stereocenters. The maximum absolute atomic E-state index is 12.0. The van der Waals surface area contributed by atoms with Crippen molar-refractivity contribution in [3.63, 3.8) is 0 Å². The number of hydrogen-bond donors (Lipinski definition) is 1. The van der Waals surface area contributed by atoms with Crippen LogP contribution in [0.4, 0.5) is 0 Å². The van der Waals surface area contributed by atoms with Crippen LogP contribution in [0, 0.1) is 0 Å². The van der Waals surface area contributed by atoms with Crippen molar-refractivity contribution in [1.29, 1.82) is 0 Å². The van der Waals surface area contributed by atoms with Gasteiger partial charge < -0.3 is 4.98 Å². The fourth-order valence-electron chi connectivity index (χ4n) is 2.64. The number of amides is 2. The number of para-hydroxylation sites is 1. The summed E-state index contributed by atoms with van der Waals surface area (Å²) in [5, 5.41) is 0.528. The number of likely N-dealkylation sites (tertiary alicyclic amines) is 1. The highest BCUT2D eigenvalue weighted by atomic mass is 16.2. The molecule has 1 aromatic carbocycles. The van der Waals surface area contributed by atoms with Crippen LogP contribution in [0.5, 0.6) is 0 Å². The number of nitrogens with one attached hydrogen (secondary N) is 1. The maximum Gasteiger partial charge on any atom is 0.258 e. The Morgan fingerprint density at radius 3 is 2.73 bits per heavy atom. The zero-order valence-electron chi connectivity index (χ0n) is 12.4. The minimum atomic E-state index is -0.505. The van der Waals surface area contributed by atoms with E-state index in [-0.39, 0.29) is 30.3 Å². The first kappa shape index (κ1) is 14.4. The minimum absolute atomic E-state index is 0.156. The van der Waals surface area contributed by atoms with Crippen LogP contribution in [0.2, 0.25) is 0 Å². The van der Waals surface area contributed by atoms with Crippen LogP contribution in [0.3, 0.4) is 0 Å². The lowest BCUT2D eigenvalue weighted by Gasteiger charge is -2.21. The van der Waals surface area contributed by atoms with Crippen molar-refractivity contribution < 1.29 is 9.59 Å². The highest BCUT2D eigenvalue weighted by molar-refractivity contribution is 6.05. The second kappa shape index (κ2) is 5.34.